The van der Waals surface area contributed by atoms with E-state index < -0.39 is 6.29 Å². The van der Waals surface area contributed by atoms with Gasteiger partial charge in [0.1, 0.15) is 6.10 Å². The van der Waals surface area contributed by atoms with Crippen LogP contribution in [-0.4, -0.2) is 40.4 Å². The number of aliphatic hydroxyl groups is 2. The molecular formula is C30H46O4. The molecule has 11 atom stereocenters. The molecule has 0 aromatic carbocycles. The van der Waals surface area contributed by atoms with Gasteiger partial charge in [-0.3, -0.25) is 0 Å². The van der Waals surface area contributed by atoms with Gasteiger partial charge in [0.25, 0.3) is 0 Å². The molecule has 0 spiro atoms. The predicted octanol–water partition coefficient (Wildman–Crippen LogP) is 5.63. The second-order valence-corrected chi connectivity index (χ2v) is 14.5. The van der Waals surface area contributed by atoms with Crippen molar-refractivity contribution in [3.8, 4) is 0 Å². The summed E-state index contributed by atoms with van der Waals surface area (Å²) in [4.78, 5) is 0. The molecule has 0 unspecified atom stereocenters. The van der Waals surface area contributed by atoms with Gasteiger partial charge in [0.05, 0.1) is 17.8 Å². The first kappa shape index (κ1) is 23.7. The van der Waals surface area contributed by atoms with E-state index in [-0.39, 0.29) is 51.5 Å². The lowest BCUT2D eigenvalue weighted by Crippen LogP contribution is -2.56. The molecule has 2 aliphatic heterocycles. The smallest absolute Gasteiger partial charge is 0.158 e. The van der Waals surface area contributed by atoms with Gasteiger partial charge >= 0.3 is 0 Å². The summed E-state index contributed by atoms with van der Waals surface area (Å²) in [6, 6.07) is 0. The summed E-state index contributed by atoms with van der Waals surface area (Å²) in [7, 11) is 0. The van der Waals surface area contributed by atoms with Gasteiger partial charge in [-0.15, -0.1) is 0 Å². The third-order valence-electron chi connectivity index (χ3n) is 12.5. The monoisotopic (exact) mass is 470 g/mol. The standard InChI is InChI=1S/C30H46O4/c1-26(2)22-9-8-20-19(28(22,5)13-12-23(26)31)11-15-29(6)18(10-14-30(20,29)7)17-16-21(33-25(17)32)24-27(3,4)34-24/h8,12-13,17-19,21-25,31-32H,9-11,14-16H2,1-7H3/t17-,18-,19-,21+,22-,23-,24-,25+,28+,29-,30+/m0/s1. The van der Waals surface area contributed by atoms with E-state index in [0.29, 0.717) is 17.8 Å². The highest BCUT2D eigenvalue weighted by atomic mass is 16.7. The van der Waals surface area contributed by atoms with Crippen LogP contribution in [0.15, 0.2) is 23.8 Å². The number of hydrogen-bond acceptors (Lipinski definition) is 4. The van der Waals surface area contributed by atoms with Crippen LogP contribution in [0.4, 0.5) is 0 Å². The van der Waals surface area contributed by atoms with E-state index in [1.54, 1.807) is 5.57 Å². The van der Waals surface area contributed by atoms with Gasteiger partial charge < -0.3 is 19.7 Å². The number of aliphatic hydroxyl groups excluding tert-OH is 2. The molecule has 0 amide bonds. The van der Waals surface area contributed by atoms with Crippen LogP contribution in [-0.2, 0) is 9.47 Å². The first-order chi connectivity index (χ1) is 15.8. The Kier molecular flexibility index (Phi) is 4.88. The molecule has 4 fully saturated rings. The van der Waals surface area contributed by atoms with Crippen molar-refractivity contribution in [1.82, 2.24) is 0 Å². The number of hydrogen-bond donors (Lipinski definition) is 2. The molecule has 190 valence electrons. The van der Waals surface area contributed by atoms with Crippen LogP contribution in [0.3, 0.4) is 0 Å². The molecule has 0 aromatic heterocycles. The highest BCUT2D eigenvalue weighted by Crippen LogP contribution is 2.73. The highest BCUT2D eigenvalue weighted by molar-refractivity contribution is 5.36. The van der Waals surface area contributed by atoms with Crippen LogP contribution in [0.1, 0.15) is 87.0 Å². The summed E-state index contributed by atoms with van der Waals surface area (Å²) in [6.45, 7) is 16.3. The fourth-order valence-electron chi connectivity index (χ4n) is 10.0. The molecule has 6 rings (SSSR count). The highest BCUT2D eigenvalue weighted by Gasteiger charge is 2.67. The molecule has 0 radical (unpaired) electrons. The molecule has 2 saturated heterocycles. The third-order valence-corrected chi connectivity index (χ3v) is 12.5. The molecule has 4 heteroatoms. The second-order valence-electron chi connectivity index (χ2n) is 14.5. The van der Waals surface area contributed by atoms with E-state index in [9.17, 15) is 10.2 Å². The molecular weight excluding hydrogens is 424 g/mol. The number of allylic oxidation sites excluding steroid dienone is 3. The lowest BCUT2D eigenvalue weighted by molar-refractivity contribution is -0.133. The Hall–Kier alpha value is -0.680. The molecule has 0 bridgehead atoms. The first-order valence-corrected chi connectivity index (χ1v) is 13.8. The van der Waals surface area contributed by atoms with E-state index in [1.807, 2.05) is 0 Å². The molecule has 2 saturated carbocycles. The number of epoxide rings is 1. The van der Waals surface area contributed by atoms with E-state index >= 15 is 0 Å². The van der Waals surface area contributed by atoms with Gasteiger partial charge in [0.2, 0.25) is 0 Å². The fraction of sp³-hybridized carbons (Fsp3) is 0.867. The number of rotatable bonds is 2. The van der Waals surface area contributed by atoms with Crippen molar-refractivity contribution in [2.45, 2.75) is 117 Å². The largest absolute Gasteiger partial charge is 0.388 e. The van der Waals surface area contributed by atoms with Crippen molar-refractivity contribution in [2.24, 2.45) is 45.3 Å². The average molecular weight is 471 g/mol. The maximum absolute atomic E-state index is 11.0. The Morgan fingerprint density at radius 1 is 0.971 bits per heavy atom. The molecule has 4 aliphatic carbocycles. The molecule has 2 heterocycles. The predicted molar refractivity (Wildman–Crippen MR) is 133 cm³/mol. The molecule has 6 aliphatic rings. The van der Waals surface area contributed by atoms with Gasteiger partial charge in [-0.25, -0.2) is 0 Å². The van der Waals surface area contributed by atoms with Crippen molar-refractivity contribution in [1.29, 1.82) is 0 Å². The van der Waals surface area contributed by atoms with Crippen LogP contribution in [0, 0.1) is 45.3 Å². The van der Waals surface area contributed by atoms with Gasteiger partial charge in [-0.2, -0.15) is 0 Å². The van der Waals surface area contributed by atoms with E-state index in [0.717, 1.165) is 12.8 Å². The minimum Gasteiger partial charge on any atom is -0.388 e. The fourth-order valence-corrected chi connectivity index (χ4v) is 10.0. The molecule has 0 aromatic rings. The van der Waals surface area contributed by atoms with E-state index in [1.165, 1.54) is 25.7 Å². The Morgan fingerprint density at radius 3 is 2.35 bits per heavy atom. The number of ether oxygens (including phenoxy) is 2. The quantitative estimate of drug-likeness (QED) is 0.406. The van der Waals surface area contributed by atoms with E-state index in [2.05, 4.69) is 66.7 Å². The molecule has 4 nitrogen and oxygen atoms in total. The van der Waals surface area contributed by atoms with Gasteiger partial charge in [0, 0.05) is 5.92 Å². The average Bonchev–Trinajstić information content (AvgIpc) is 3.08. The zero-order chi connectivity index (χ0) is 24.5. The van der Waals surface area contributed by atoms with Gasteiger partial charge in [-0.05, 0) is 91.8 Å². The first-order valence-electron chi connectivity index (χ1n) is 13.8. The van der Waals surface area contributed by atoms with Crippen LogP contribution >= 0.6 is 0 Å². The summed E-state index contributed by atoms with van der Waals surface area (Å²) in [6.07, 6.45) is 12.9. The Bertz CT molecular complexity index is 934. The van der Waals surface area contributed by atoms with Crippen LogP contribution in [0.2, 0.25) is 0 Å². The lowest BCUT2D eigenvalue weighted by Gasteiger charge is -2.62. The summed E-state index contributed by atoms with van der Waals surface area (Å²) in [5.74, 6) is 1.69. The Labute approximate surface area is 206 Å². The van der Waals surface area contributed by atoms with Crippen molar-refractivity contribution in [2.75, 3.05) is 0 Å². The van der Waals surface area contributed by atoms with Crippen LogP contribution in [0.25, 0.3) is 0 Å². The van der Waals surface area contributed by atoms with Crippen molar-refractivity contribution >= 4 is 0 Å². The normalized spacial score (nSPS) is 56.9. The maximum atomic E-state index is 11.0. The third kappa shape index (κ3) is 2.86. The summed E-state index contributed by atoms with van der Waals surface area (Å²) >= 11 is 0. The van der Waals surface area contributed by atoms with Crippen molar-refractivity contribution in [3.63, 3.8) is 0 Å². The Morgan fingerprint density at radius 2 is 1.68 bits per heavy atom. The Balaban J connectivity index is 1.30. The minimum absolute atomic E-state index is 0.0244. The minimum atomic E-state index is -0.669. The van der Waals surface area contributed by atoms with Gasteiger partial charge in [-0.1, -0.05) is 58.4 Å². The van der Waals surface area contributed by atoms with Crippen LogP contribution in [0.5, 0.6) is 0 Å². The van der Waals surface area contributed by atoms with Crippen LogP contribution < -0.4 is 0 Å². The van der Waals surface area contributed by atoms with Crippen molar-refractivity contribution < 1.29 is 19.7 Å². The zero-order valence-corrected chi connectivity index (χ0v) is 22.3. The van der Waals surface area contributed by atoms with Gasteiger partial charge in [0.15, 0.2) is 6.29 Å². The summed E-state index contributed by atoms with van der Waals surface area (Å²) in [5, 5.41) is 21.8. The second kappa shape index (κ2) is 7.00. The van der Waals surface area contributed by atoms with Crippen molar-refractivity contribution in [3.05, 3.63) is 23.8 Å². The topological polar surface area (TPSA) is 62.2 Å². The van der Waals surface area contributed by atoms with E-state index in [4.69, 9.17) is 9.47 Å². The SMILES string of the molecule is CC1(C)O[C@H]1[C@H]1C[C@@H]([C@@H]2CC[C@]3(C)C4=CC[C@H]5C(C)(C)[C@@H](O)C=C[C@]5(C)[C@H]4CC[C@@]23C)[C@H](O)O1. The summed E-state index contributed by atoms with van der Waals surface area (Å²) < 4.78 is 12.0. The maximum Gasteiger partial charge on any atom is 0.158 e. The summed E-state index contributed by atoms with van der Waals surface area (Å²) in [5.41, 5.74) is 1.90. The molecule has 34 heavy (non-hydrogen) atoms. The number of fused-ring (bicyclic) bond motifs is 5. The lowest BCUT2D eigenvalue weighted by atomic mass is 9.42. The molecule has 2 N–H and O–H groups in total. The zero-order valence-electron chi connectivity index (χ0n) is 22.3.